The SMILES string of the molecule is FC(F)c1nnc(-c2cnc(CC3(c4cccc(C(F)(F)F)c4)CC3)nc2)o1.O=C(CNC(=O)C(F)F)c1cnc(CC2(c3cccc(C(F)(F)F)c3)CC2)nc1. The lowest BCUT2D eigenvalue weighted by Gasteiger charge is -2.17. The number of hydrogen-bond acceptors (Lipinski definition) is 9. The van der Waals surface area contributed by atoms with Crippen LogP contribution in [0.5, 0.6) is 0 Å². The van der Waals surface area contributed by atoms with Crippen molar-refractivity contribution in [1.82, 2.24) is 35.5 Å². The van der Waals surface area contributed by atoms with Crippen molar-refractivity contribution in [3.05, 3.63) is 119 Å². The summed E-state index contributed by atoms with van der Waals surface area (Å²) in [5.41, 5.74) is -0.806. The number of aromatic nitrogens is 6. The largest absolute Gasteiger partial charge is 0.416 e. The van der Waals surface area contributed by atoms with Crippen LogP contribution in [0, 0.1) is 0 Å². The fraction of sp³-hybridized carbons (Fsp3) is 0.351. The zero-order valence-electron chi connectivity index (χ0n) is 29.2. The molecule has 1 amide bonds. The molecule has 10 nitrogen and oxygen atoms in total. The van der Waals surface area contributed by atoms with Crippen LogP contribution in [0.15, 0.2) is 77.7 Å². The van der Waals surface area contributed by atoms with Crippen LogP contribution in [0.25, 0.3) is 11.5 Å². The molecular formula is C37H29F10N7O3. The van der Waals surface area contributed by atoms with E-state index in [4.69, 9.17) is 4.42 Å². The smallest absolute Gasteiger partial charge is 0.415 e. The molecule has 7 rings (SSSR count). The second-order valence-electron chi connectivity index (χ2n) is 13.5. The maximum Gasteiger partial charge on any atom is 0.416 e. The summed E-state index contributed by atoms with van der Waals surface area (Å²) in [5.74, 6) is -2.31. The second-order valence-corrected chi connectivity index (χ2v) is 13.5. The third-order valence-electron chi connectivity index (χ3n) is 9.53. The summed E-state index contributed by atoms with van der Waals surface area (Å²) >= 11 is 0. The van der Waals surface area contributed by atoms with Crippen molar-refractivity contribution in [2.45, 2.75) is 74.6 Å². The first kappa shape index (κ1) is 40.8. The van der Waals surface area contributed by atoms with Crippen molar-refractivity contribution in [1.29, 1.82) is 0 Å². The fourth-order valence-electron chi connectivity index (χ4n) is 6.03. The monoisotopic (exact) mass is 809 g/mol. The number of carbonyl (C=O) groups is 2. The van der Waals surface area contributed by atoms with Gasteiger partial charge in [0.05, 0.1) is 28.8 Å². The van der Waals surface area contributed by atoms with Crippen LogP contribution in [0.2, 0.25) is 0 Å². The number of amides is 1. The minimum absolute atomic E-state index is 0.0345. The highest BCUT2D eigenvalue weighted by molar-refractivity contribution is 5.99. The van der Waals surface area contributed by atoms with Crippen molar-refractivity contribution in [3.8, 4) is 11.5 Å². The Labute approximate surface area is 316 Å². The summed E-state index contributed by atoms with van der Waals surface area (Å²) in [4.78, 5) is 39.2. The Balaban J connectivity index is 0.000000193. The summed E-state index contributed by atoms with van der Waals surface area (Å²) in [6.45, 7) is -0.611. The van der Waals surface area contributed by atoms with Gasteiger partial charge in [-0.05, 0) is 48.9 Å². The molecular weight excluding hydrogens is 780 g/mol. The van der Waals surface area contributed by atoms with Crippen molar-refractivity contribution < 1.29 is 57.9 Å². The van der Waals surface area contributed by atoms with Crippen LogP contribution in [-0.4, -0.2) is 54.8 Å². The van der Waals surface area contributed by atoms with Crippen molar-refractivity contribution >= 4 is 11.7 Å². The molecule has 0 spiro atoms. The molecule has 3 heterocycles. The average molecular weight is 810 g/mol. The lowest BCUT2D eigenvalue weighted by molar-refractivity contribution is -0.138. The Morgan fingerprint density at radius 3 is 1.58 bits per heavy atom. The van der Waals surface area contributed by atoms with Gasteiger partial charge >= 0.3 is 25.2 Å². The highest BCUT2D eigenvalue weighted by Gasteiger charge is 2.47. The van der Waals surface area contributed by atoms with E-state index in [-0.39, 0.29) is 17.0 Å². The van der Waals surface area contributed by atoms with Crippen LogP contribution in [0.3, 0.4) is 0 Å². The maximum absolute atomic E-state index is 13.0. The normalized spacial score (nSPS) is 15.5. The fourth-order valence-corrected chi connectivity index (χ4v) is 6.03. The summed E-state index contributed by atoms with van der Waals surface area (Å²) in [6.07, 6.45) is -6.21. The van der Waals surface area contributed by atoms with Gasteiger partial charge in [0, 0.05) is 48.5 Å². The molecule has 0 radical (unpaired) electrons. The predicted octanol–water partition coefficient (Wildman–Crippen LogP) is 8.09. The summed E-state index contributed by atoms with van der Waals surface area (Å²) in [7, 11) is 0. The molecule has 1 N–H and O–H groups in total. The zero-order chi connectivity index (χ0) is 41.2. The summed E-state index contributed by atoms with van der Waals surface area (Å²) < 4.78 is 132. The minimum Gasteiger partial charge on any atom is -0.415 e. The quantitative estimate of drug-likeness (QED) is 0.0980. The molecule has 0 bridgehead atoms. The van der Waals surface area contributed by atoms with E-state index < -0.39 is 71.3 Å². The van der Waals surface area contributed by atoms with E-state index in [1.807, 2.05) is 0 Å². The predicted molar refractivity (Wildman–Crippen MR) is 178 cm³/mol. The van der Waals surface area contributed by atoms with E-state index in [9.17, 15) is 53.5 Å². The van der Waals surface area contributed by atoms with Gasteiger partial charge in [0.1, 0.15) is 11.6 Å². The van der Waals surface area contributed by atoms with E-state index >= 15 is 0 Å². The Morgan fingerprint density at radius 2 is 1.18 bits per heavy atom. The lowest BCUT2D eigenvalue weighted by atomic mass is 9.90. The van der Waals surface area contributed by atoms with Gasteiger partial charge in [0.25, 0.3) is 17.7 Å². The number of rotatable bonds is 12. The van der Waals surface area contributed by atoms with Crippen LogP contribution in [0.4, 0.5) is 43.9 Å². The molecule has 0 unspecified atom stereocenters. The van der Waals surface area contributed by atoms with Gasteiger partial charge < -0.3 is 9.73 Å². The number of nitrogens with one attached hydrogen (secondary N) is 1. The Morgan fingerprint density at radius 1 is 0.702 bits per heavy atom. The Kier molecular flexibility index (Phi) is 11.4. The molecule has 2 aromatic carbocycles. The average Bonchev–Trinajstić information content (AvgIpc) is 4.09. The number of benzene rings is 2. The van der Waals surface area contributed by atoms with Crippen molar-refractivity contribution in [2.75, 3.05) is 6.54 Å². The number of carbonyl (C=O) groups excluding carboxylic acids is 2. The van der Waals surface area contributed by atoms with Gasteiger partial charge in [-0.25, -0.2) is 19.9 Å². The first-order valence-corrected chi connectivity index (χ1v) is 17.1. The van der Waals surface area contributed by atoms with Gasteiger partial charge in [-0.1, -0.05) is 36.4 Å². The number of hydrogen-bond donors (Lipinski definition) is 1. The molecule has 2 fully saturated rings. The summed E-state index contributed by atoms with van der Waals surface area (Å²) in [5, 5.41) is 8.56. The molecule has 57 heavy (non-hydrogen) atoms. The topological polar surface area (TPSA) is 137 Å². The summed E-state index contributed by atoms with van der Waals surface area (Å²) in [6, 6.07) is 10.5. The van der Waals surface area contributed by atoms with E-state index in [1.165, 1.54) is 43.0 Å². The second kappa shape index (κ2) is 16.0. The number of alkyl halides is 10. The van der Waals surface area contributed by atoms with E-state index in [1.54, 1.807) is 17.4 Å². The molecule has 0 atom stereocenters. The van der Waals surface area contributed by atoms with Gasteiger partial charge in [-0.15, -0.1) is 10.2 Å². The molecule has 20 heteroatoms. The maximum atomic E-state index is 13.0. The first-order valence-electron chi connectivity index (χ1n) is 17.1. The van der Waals surface area contributed by atoms with Crippen LogP contribution < -0.4 is 5.32 Å². The highest BCUT2D eigenvalue weighted by atomic mass is 19.4. The molecule has 0 aliphatic heterocycles. The van der Waals surface area contributed by atoms with Crippen LogP contribution in [0.1, 0.15) is 82.3 Å². The van der Waals surface area contributed by atoms with Gasteiger partial charge in [-0.2, -0.15) is 43.9 Å². The number of ketones is 1. The van der Waals surface area contributed by atoms with Gasteiger partial charge in [0.2, 0.25) is 0 Å². The first-order chi connectivity index (χ1) is 26.9. The highest BCUT2D eigenvalue weighted by Crippen LogP contribution is 2.52. The van der Waals surface area contributed by atoms with E-state index in [2.05, 4.69) is 30.1 Å². The van der Waals surface area contributed by atoms with Crippen molar-refractivity contribution in [2.24, 2.45) is 0 Å². The van der Waals surface area contributed by atoms with Crippen molar-refractivity contribution in [3.63, 3.8) is 0 Å². The van der Waals surface area contributed by atoms with E-state index in [0.717, 1.165) is 31.0 Å². The third-order valence-corrected chi connectivity index (χ3v) is 9.53. The molecule has 2 saturated carbocycles. The Hall–Kier alpha value is -5.82. The number of halogens is 10. The standard InChI is InChI=1S/C19H16F5N3O2.C18H13F5N4O/c20-16(21)17(29)27-10-14(28)11-8-25-15(26-9-11)7-18(4-5-18)12-2-1-3-13(6-12)19(22,23)24;19-14(20)16-27-26-15(28-16)10-8-24-13(25-9-10)7-17(4-5-17)11-2-1-3-12(6-11)18(21,22)23/h1-3,6,8-9,16H,4-5,7,10H2,(H,27,29);1-3,6,8-9,14H,4-5,7H2. The van der Waals surface area contributed by atoms with Crippen LogP contribution >= 0.6 is 0 Å². The van der Waals surface area contributed by atoms with E-state index in [0.29, 0.717) is 48.5 Å². The zero-order valence-corrected chi connectivity index (χ0v) is 29.2. The number of nitrogens with zero attached hydrogens (tertiary/aromatic N) is 6. The lowest BCUT2D eigenvalue weighted by Crippen LogP contribution is -2.34. The molecule has 2 aliphatic carbocycles. The van der Waals surface area contributed by atoms with Gasteiger partial charge in [-0.3, -0.25) is 9.59 Å². The third kappa shape index (κ3) is 9.95. The molecule has 5 aromatic rings. The molecule has 3 aromatic heterocycles. The molecule has 0 saturated heterocycles. The number of Topliss-reactive ketones (excluding diaryl/α,β-unsaturated/α-hetero) is 1. The van der Waals surface area contributed by atoms with Gasteiger partial charge in [0.15, 0.2) is 5.78 Å². The minimum atomic E-state index is -4.43. The van der Waals surface area contributed by atoms with Crippen LogP contribution in [-0.2, 0) is 40.8 Å². The Bertz CT molecular complexity index is 2200. The molecule has 300 valence electrons. The molecule has 2 aliphatic rings.